The topological polar surface area (TPSA) is 20.3 Å². The minimum Gasteiger partial charge on any atom is -0.306 e. The molecule has 1 unspecified atom stereocenters. The van der Waals surface area contributed by atoms with Gasteiger partial charge >= 0.3 is 0 Å². The second kappa shape index (κ2) is 5.30. The molecule has 0 bridgehead atoms. The van der Waals surface area contributed by atoms with Gasteiger partial charge in [-0.2, -0.15) is 0 Å². The van der Waals surface area contributed by atoms with Gasteiger partial charge in [0.05, 0.1) is 0 Å². The summed E-state index contributed by atoms with van der Waals surface area (Å²) in [4.78, 5) is 13.3. The molecule has 66 valence electrons. The van der Waals surface area contributed by atoms with Crippen molar-refractivity contribution in [2.45, 2.75) is 27.2 Å². The van der Waals surface area contributed by atoms with Gasteiger partial charge in [-0.25, -0.2) is 0 Å². The van der Waals surface area contributed by atoms with E-state index in [-0.39, 0.29) is 5.92 Å². The summed E-state index contributed by atoms with van der Waals surface area (Å²) in [5.41, 5.74) is 0. The number of rotatable bonds is 5. The lowest BCUT2D eigenvalue weighted by atomic mass is 10.0. The van der Waals surface area contributed by atoms with Crippen LogP contribution in [0.3, 0.4) is 0 Å². The second-order valence-electron chi connectivity index (χ2n) is 3.08. The Bertz CT molecular complexity index is 123. The summed E-state index contributed by atoms with van der Waals surface area (Å²) in [5, 5.41) is 0. The molecule has 0 rings (SSSR count). The lowest BCUT2D eigenvalue weighted by Gasteiger charge is -2.17. The van der Waals surface area contributed by atoms with Gasteiger partial charge in [0.25, 0.3) is 0 Å². The first-order valence-electron chi connectivity index (χ1n) is 4.33. The van der Waals surface area contributed by atoms with Crippen LogP contribution in [0, 0.1) is 5.92 Å². The molecule has 0 heterocycles. The molecular formula is C9H19NO. The normalized spacial score (nSPS) is 13.5. The van der Waals surface area contributed by atoms with Crippen molar-refractivity contribution in [2.24, 2.45) is 5.92 Å². The third-order valence-corrected chi connectivity index (χ3v) is 2.02. The maximum Gasteiger partial charge on any atom is 0.136 e. The second-order valence-corrected chi connectivity index (χ2v) is 3.08. The third kappa shape index (κ3) is 4.14. The third-order valence-electron chi connectivity index (χ3n) is 2.02. The van der Waals surface area contributed by atoms with Gasteiger partial charge in [0.15, 0.2) is 0 Å². The maximum absolute atomic E-state index is 11.1. The van der Waals surface area contributed by atoms with Crippen LogP contribution in [0.25, 0.3) is 0 Å². The maximum atomic E-state index is 11.1. The van der Waals surface area contributed by atoms with E-state index < -0.39 is 0 Å². The van der Waals surface area contributed by atoms with Gasteiger partial charge in [-0.05, 0) is 13.6 Å². The van der Waals surface area contributed by atoms with Crippen molar-refractivity contribution in [1.29, 1.82) is 0 Å². The van der Waals surface area contributed by atoms with E-state index in [0.29, 0.717) is 12.2 Å². The van der Waals surface area contributed by atoms with Gasteiger partial charge in [-0.1, -0.05) is 20.8 Å². The van der Waals surface area contributed by atoms with E-state index in [1.54, 1.807) is 0 Å². The molecule has 0 N–H and O–H groups in total. The van der Waals surface area contributed by atoms with E-state index in [1.807, 2.05) is 20.9 Å². The number of carbonyl (C=O) groups excluding carboxylic acids is 1. The molecule has 0 spiro atoms. The van der Waals surface area contributed by atoms with Gasteiger partial charge in [0.2, 0.25) is 0 Å². The molecule has 0 aliphatic rings. The fourth-order valence-electron chi connectivity index (χ4n) is 1.05. The molecule has 0 saturated carbocycles. The van der Waals surface area contributed by atoms with E-state index in [4.69, 9.17) is 0 Å². The van der Waals surface area contributed by atoms with Crippen LogP contribution in [0.4, 0.5) is 0 Å². The van der Waals surface area contributed by atoms with Crippen LogP contribution in [-0.2, 0) is 4.79 Å². The van der Waals surface area contributed by atoms with Crippen LogP contribution in [0.2, 0.25) is 0 Å². The number of nitrogens with zero attached hydrogens (tertiary/aromatic N) is 1. The van der Waals surface area contributed by atoms with Crippen molar-refractivity contribution in [3.63, 3.8) is 0 Å². The van der Waals surface area contributed by atoms with Crippen molar-refractivity contribution in [3.8, 4) is 0 Å². The van der Waals surface area contributed by atoms with Crippen LogP contribution < -0.4 is 0 Å². The van der Waals surface area contributed by atoms with Gasteiger partial charge < -0.3 is 4.90 Å². The van der Waals surface area contributed by atoms with Gasteiger partial charge in [-0.15, -0.1) is 0 Å². The van der Waals surface area contributed by atoms with Crippen LogP contribution in [-0.4, -0.2) is 30.8 Å². The Morgan fingerprint density at radius 3 is 2.36 bits per heavy atom. The van der Waals surface area contributed by atoms with Gasteiger partial charge in [0, 0.05) is 18.9 Å². The first kappa shape index (κ1) is 10.6. The predicted molar refractivity (Wildman–Crippen MR) is 47.6 cm³/mol. The first-order valence-corrected chi connectivity index (χ1v) is 4.33. The molecule has 0 saturated heterocycles. The highest BCUT2D eigenvalue weighted by Crippen LogP contribution is 2.01. The van der Waals surface area contributed by atoms with Gasteiger partial charge in [-0.3, -0.25) is 4.79 Å². The summed E-state index contributed by atoms with van der Waals surface area (Å²) < 4.78 is 0. The minimum atomic E-state index is 0.199. The molecular weight excluding hydrogens is 138 g/mol. The Labute approximate surface area is 69.6 Å². The van der Waals surface area contributed by atoms with Crippen molar-refractivity contribution < 1.29 is 4.79 Å². The largest absolute Gasteiger partial charge is 0.306 e. The van der Waals surface area contributed by atoms with Crippen molar-refractivity contribution in [1.82, 2.24) is 4.90 Å². The molecule has 0 radical (unpaired) electrons. The quantitative estimate of drug-likeness (QED) is 0.603. The van der Waals surface area contributed by atoms with Crippen LogP contribution in [0.1, 0.15) is 27.2 Å². The lowest BCUT2D eigenvalue weighted by molar-refractivity contribution is -0.122. The molecule has 0 aliphatic carbocycles. The zero-order chi connectivity index (χ0) is 8.85. The first-order chi connectivity index (χ1) is 5.11. The van der Waals surface area contributed by atoms with E-state index in [2.05, 4.69) is 11.8 Å². The van der Waals surface area contributed by atoms with Gasteiger partial charge in [0.1, 0.15) is 5.78 Å². The van der Waals surface area contributed by atoms with Crippen LogP contribution in [0.5, 0.6) is 0 Å². The SMILES string of the molecule is CCC(=O)C(C)CN(C)CC. The summed E-state index contributed by atoms with van der Waals surface area (Å²) >= 11 is 0. The summed E-state index contributed by atoms with van der Waals surface area (Å²) in [5.74, 6) is 0.565. The fourth-order valence-corrected chi connectivity index (χ4v) is 1.05. The molecule has 2 heteroatoms. The molecule has 0 aromatic rings. The number of ketones is 1. The summed E-state index contributed by atoms with van der Waals surface area (Å²) in [6, 6.07) is 0. The lowest BCUT2D eigenvalue weighted by Crippen LogP contribution is -2.28. The number of hydrogen-bond acceptors (Lipinski definition) is 2. The monoisotopic (exact) mass is 157 g/mol. The van der Waals surface area contributed by atoms with E-state index in [1.165, 1.54) is 0 Å². The number of Topliss-reactive ketones (excluding diaryl/α,β-unsaturated/α-hetero) is 1. The van der Waals surface area contributed by atoms with Crippen LogP contribution in [0.15, 0.2) is 0 Å². The Morgan fingerprint density at radius 2 is 2.00 bits per heavy atom. The molecule has 1 atom stereocenters. The van der Waals surface area contributed by atoms with E-state index in [0.717, 1.165) is 13.1 Å². The Hall–Kier alpha value is -0.370. The van der Waals surface area contributed by atoms with Crippen molar-refractivity contribution in [3.05, 3.63) is 0 Å². The molecule has 0 amide bonds. The Kier molecular flexibility index (Phi) is 5.12. The van der Waals surface area contributed by atoms with Crippen molar-refractivity contribution >= 4 is 5.78 Å². The Morgan fingerprint density at radius 1 is 1.45 bits per heavy atom. The molecule has 0 aliphatic heterocycles. The Balaban J connectivity index is 3.67. The fraction of sp³-hybridized carbons (Fsp3) is 0.889. The molecule has 2 nitrogen and oxygen atoms in total. The standard InChI is InChI=1S/C9H19NO/c1-5-9(11)8(3)7-10(4)6-2/h8H,5-7H2,1-4H3. The van der Waals surface area contributed by atoms with Crippen LogP contribution >= 0.6 is 0 Å². The highest BCUT2D eigenvalue weighted by Gasteiger charge is 2.11. The minimum absolute atomic E-state index is 0.199. The number of carbonyl (C=O) groups is 1. The zero-order valence-corrected chi connectivity index (χ0v) is 8.05. The average Bonchev–Trinajstić information content (AvgIpc) is 2.02. The molecule has 11 heavy (non-hydrogen) atoms. The summed E-state index contributed by atoms with van der Waals surface area (Å²) in [6.45, 7) is 7.93. The molecule has 0 aromatic heterocycles. The predicted octanol–water partition coefficient (Wildman–Crippen LogP) is 1.55. The average molecular weight is 157 g/mol. The molecule has 0 fully saturated rings. The highest BCUT2D eigenvalue weighted by molar-refractivity contribution is 5.80. The van der Waals surface area contributed by atoms with E-state index in [9.17, 15) is 4.79 Å². The zero-order valence-electron chi connectivity index (χ0n) is 8.05. The highest BCUT2D eigenvalue weighted by atomic mass is 16.1. The smallest absolute Gasteiger partial charge is 0.136 e. The summed E-state index contributed by atoms with van der Waals surface area (Å²) in [6.07, 6.45) is 0.665. The number of hydrogen-bond donors (Lipinski definition) is 0. The van der Waals surface area contributed by atoms with Crippen molar-refractivity contribution in [2.75, 3.05) is 20.1 Å². The molecule has 0 aromatic carbocycles. The van der Waals surface area contributed by atoms with E-state index >= 15 is 0 Å². The summed E-state index contributed by atoms with van der Waals surface area (Å²) in [7, 11) is 2.04.